The minimum Gasteiger partial charge on any atom is -0.465 e. The topological polar surface area (TPSA) is 185 Å². The summed E-state index contributed by atoms with van der Waals surface area (Å²) in [6.45, 7) is 3.34. The van der Waals surface area contributed by atoms with Crippen molar-refractivity contribution in [3.05, 3.63) is 89.1 Å². The number of carbonyl (C=O) groups is 6. The fraction of sp³-hybridized carbons (Fsp3) is 0.432. The highest BCUT2D eigenvalue weighted by Gasteiger charge is 2.68. The molecule has 0 bridgehead atoms. The van der Waals surface area contributed by atoms with Gasteiger partial charge in [-0.2, -0.15) is 0 Å². The molecule has 6 atom stereocenters. The number of carbonyl (C=O) groups excluding carboxylic acids is 6. The number of aromatic nitrogens is 1. The van der Waals surface area contributed by atoms with E-state index in [9.17, 15) is 42.1 Å². The van der Waals surface area contributed by atoms with E-state index in [0.29, 0.717) is 42.2 Å². The molecule has 15 nitrogen and oxygen atoms in total. The zero-order chi connectivity index (χ0) is 45.5. The summed E-state index contributed by atoms with van der Waals surface area (Å²) in [5, 5.41) is 5.85. The van der Waals surface area contributed by atoms with Crippen molar-refractivity contribution in [2.45, 2.75) is 114 Å². The van der Waals surface area contributed by atoms with Gasteiger partial charge in [0.15, 0.2) is 0 Å². The number of amides is 6. The standard InChI is InChI=1S/C44H46F3N6O9PS/c1-3-21-61-41(57)25(2)50-63(60,62-30-10-5-4-6-11-30)37(47)26-13-18-34-27(22-26)23-35(64-34)38(54)49-32-12-8-7-9-28-15-17-33(51(28)39(32)55)40(56)53-43(59)52(42(58)44(53)19-20-44)29-14-16-31(36(45)46)48-24-29/h4-6,10-11,13-14,16,18,22-25,28,32-33,36-37H,3,7-9,12,15,17,19-21H2,1-2H3,(H,49,54)(H,50,60)/t25-,28-,32-,33-,37+,63?/m0/s1. The van der Waals surface area contributed by atoms with Crippen LogP contribution in [0.25, 0.3) is 10.1 Å². The number of urea groups is 1. The van der Waals surface area contributed by atoms with Gasteiger partial charge in [0.25, 0.3) is 24.1 Å². The van der Waals surface area contributed by atoms with Crippen molar-refractivity contribution in [2.24, 2.45) is 0 Å². The van der Waals surface area contributed by atoms with E-state index in [0.717, 1.165) is 33.4 Å². The van der Waals surface area contributed by atoms with Gasteiger partial charge in [-0.25, -0.2) is 32.9 Å². The molecule has 4 fully saturated rings. The highest BCUT2D eigenvalue weighted by atomic mass is 32.1. The Kier molecular flexibility index (Phi) is 12.7. The molecule has 20 heteroatoms. The number of hydrogen-bond acceptors (Lipinski definition) is 11. The van der Waals surface area contributed by atoms with Crippen molar-refractivity contribution in [1.82, 2.24) is 25.2 Å². The Morgan fingerprint density at radius 3 is 2.41 bits per heavy atom. The minimum atomic E-state index is -4.51. The Morgan fingerprint density at radius 1 is 0.969 bits per heavy atom. The third-order valence-corrected chi connectivity index (χ3v) is 15.3. The number of hydrogen-bond donors (Lipinski definition) is 2. The smallest absolute Gasteiger partial charge is 0.355 e. The van der Waals surface area contributed by atoms with Crippen LogP contribution in [-0.4, -0.2) is 86.7 Å². The van der Waals surface area contributed by atoms with Crippen LogP contribution in [0, 0.1) is 0 Å². The van der Waals surface area contributed by atoms with Crippen LogP contribution in [-0.2, 0) is 28.5 Å². The van der Waals surface area contributed by atoms with Gasteiger partial charge < -0.3 is 19.5 Å². The van der Waals surface area contributed by atoms with Gasteiger partial charge in [0.2, 0.25) is 11.8 Å². The summed E-state index contributed by atoms with van der Waals surface area (Å²) in [6, 6.07) is 11.5. The second kappa shape index (κ2) is 18.1. The molecular weight excluding hydrogens is 877 g/mol. The van der Waals surface area contributed by atoms with Crippen LogP contribution < -0.4 is 19.8 Å². The Hall–Kier alpha value is -5.65. The Morgan fingerprint density at radius 2 is 1.72 bits per heavy atom. The molecule has 338 valence electrons. The van der Waals surface area contributed by atoms with Crippen molar-refractivity contribution in [2.75, 3.05) is 11.5 Å². The monoisotopic (exact) mass is 922 g/mol. The SMILES string of the molecule is CCCOC(=O)[C@H](C)NP(=O)(Oc1ccccc1)[C@@H](F)c1ccc2sc(C(=O)N[C@H]3CCCC[C@H]4CC[C@@H](C(=O)N5C(=O)N(c6ccc(C(F)F)nc6)C(=O)C56CC6)N4C3=O)cc2c1. The molecule has 4 aromatic rings. The number of nitrogens with one attached hydrogen (secondary N) is 2. The van der Waals surface area contributed by atoms with Gasteiger partial charge >= 0.3 is 19.5 Å². The first kappa shape index (κ1) is 44.9. The lowest BCUT2D eigenvalue weighted by Gasteiger charge is -2.36. The van der Waals surface area contributed by atoms with Crippen molar-refractivity contribution in [3.63, 3.8) is 0 Å². The number of ether oxygens (including phenoxy) is 1. The number of pyridine rings is 1. The lowest BCUT2D eigenvalue weighted by atomic mass is 9.99. The first-order valence-electron chi connectivity index (χ1n) is 21.2. The molecule has 4 aliphatic rings. The number of halogens is 3. The van der Waals surface area contributed by atoms with Crippen molar-refractivity contribution >= 4 is 70.3 Å². The number of thiophene rings is 1. The van der Waals surface area contributed by atoms with Crippen LogP contribution >= 0.6 is 18.9 Å². The second-order valence-electron chi connectivity index (χ2n) is 16.4. The molecular formula is C44H46F3N6O9PS. The minimum absolute atomic E-state index is 0.0419. The molecule has 1 unspecified atom stereocenters. The van der Waals surface area contributed by atoms with Crippen LogP contribution in [0.1, 0.15) is 105 Å². The highest BCUT2D eigenvalue weighted by Crippen LogP contribution is 2.58. The zero-order valence-corrected chi connectivity index (χ0v) is 36.6. The van der Waals surface area contributed by atoms with Gasteiger partial charge in [0.05, 0.1) is 23.4 Å². The maximum atomic E-state index is 16.6. The molecule has 64 heavy (non-hydrogen) atoms. The van der Waals surface area contributed by atoms with E-state index in [2.05, 4.69) is 15.4 Å². The predicted molar refractivity (Wildman–Crippen MR) is 228 cm³/mol. The summed E-state index contributed by atoms with van der Waals surface area (Å²) in [6.07, 6.45) is 1.95. The molecule has 8 rings (SSSR count). The van der Waals surface area contributed by atoms with E-state index in [1.54, 1.807) is 24.3 Å². The van der Waals surface area contributed by atoms with E-state index in [1.807, 2.05) is 6.92 Å². The first-order chi connectivity index (χ1) is 30.7. The van der Waals surface area contributed by atoms with E-state index in [-0.39, 0.29) is 60.2 Å². The van der Waals surface area contributed by atoms with Gasteiger partial charge in [-0.15, -0.1) is 11.3 Å². The van der Waals surface area contributed by atoms with Gasteiger partial charge in [-0.3, -0.25) is 33.5 Å². The van der Waals surface area contributed by atoms with Gasteiger partial charge in [0.1, 0.15) is 35.1 Å². The van der Waals surface area contributed by atoms with Crippen molar-refractivity contribution in [3.8, 4) is 5.75 Å². The maximum absolute atomic E-state index is 16.6. The molecule has 1 saturated carbocycles. The number of alkyl halides is 3. The number of esters is 1. The number of fused-ring (bicyclic) bond motifs is 2. The Bertz CT molecular complexity index is 2530. The number of para-hydroxylation sites is 1. The van der Waals surface area contributed by atoms with Crippen molar-refractivity contribution < 1.29 is 55.8 Å². The summed E-state index contributed by atoms with van der Waals surface area (Å²) < 4.78 is 68.8. The van der Waals surface area contributed by atoms with Gasteiger partial charge in [-0.1, -0.05) is 44.0 Å². The average Bonchev–Trinajstić information content (AvgIpc) is 3.68. The molecule has 2 aromatic heterocycles. The quantitative estimate of drug-likeness (QED) is 0.0711. The van der Waals surface area contributed by atoms with Crippen LogP contribution in [0.2, 0.25) is 0 Å². The van der Waals surface area contributed by atoms with Gasteiger partial charge in [0, 0.05) is 10.7 Å². The molecule has 2 aromatic carbocycles. The van der Waals surface area contributed by atoms with E-state index in [4.69, 9.17) is 9.26 Å². The maximum Gasteiger partial charge on any atom is 0.355 e. The predicted octanol–water partition coefficient (Wildman–Crippen LogP) is 7.97. The van der Waals surface area contributed by atoms with Crippen LogP contribution in [0.3, 0.4) is 0 Å². The summed E-state index contributed by atoms with van der Waals surface area (Å²) in [5.74, 6) is -5.35. The van der Waals surface area contributed by atoms with Gasteiger partial charge in [-0.05, 0) is 105 Å². The zero-order valence-electron chi connectivity index (χ0n) is 34.9. The highest BCUT2D eigenvalue weighted by molar-refractivity contribution is 7.57. The number of benzene rings is 2. The van der Waals surface area contributed by atoms with E-state index >= 15 is 4.39 Å². The van der Waals surface area contributed by atoms with E-state index < -0.39 is 84.8 Å². The molecule has 1 spiro atoms. The normalized spacial score (nSPS) is 22.5. The lowest BCUT2D eigenvalue weighted by Crippen LogP contribution is -2.58. The second-order valence-corrected chi connectivity index (χ2v) is 19.6. The van der Waals surface area contributed by atoms with E-state index in [1.165, 1.54) is 48.2 Å². The number of anilines is 1. The third-order valence-electron chi connectivity index (χ3n) is 12.0. The van der Waals surface area contributed by atoms with Crippen molar-refractivity contribution in [1.29, 1.82) is 0 Å². The molecule has 5 heterocycles. The summed E-state index contributed by atoms with van der Waals surface area (Å²) in [7, 11) is -4.51. The van der Waals surface area contributed by atoms with Crippen LogP contribution in [0.5, 0.6) is 5.75 Å². The molecule has 2 N–H and O–H groups in total. The largest absolute Gasteiger partial charge is 0.465 e. The summed E-state index contributed by atoms with van der Waals surface area (Å²) >= 11 is 1.09. The number of imide groups is 2. The Labute approximate surface area is 370 Å². The molecule has 1 aliphatic carbocycles. The average molecular weight is 923 g/mol. The number of nitrogens with zero attached hydrogens (tertiary/aromatic N) is 4. The molecule has 0 radical (unpaired) electrons. The molecule has 6 amide bonds. The van der Waals surface area contributed by atoms with Crippen LogP contribution in [0.15, 0.2) is 72.9 Å². The lowest BCUT2D eigenvalue weighted by molar-refractivity contribution is -0.147. The first-order valence-corrected chi connectivity index (χ1v) is 23.7. The summed E-state index contributed by atoms with van der Waals surface area (Å²) in [5.41, 5.74) is -2.08. The molecule has 3 aliphatic heterocycles. The fourth-order valence-electron chi connectivity index (χ4n) is 8.65. The van der Waals surface area contributed by atoms with Crippen LogP contribution in [0.4, 0.5) is 23.7 Å². The fourth-order valence-corrected chi connectivity index (χ4v) is 11.5. The third kappa shape index (κ3) is 8.52. The Balaban J connectivity index is 0.993. The number of rotatable bonds is 14. The summed E-state index contributed by atoms with van der Waals surface area (Å²) in [4.78, 5) is 90.0. The molecule has 3 saturated heterocycles.